The number of rotatable bonds is 5. The molecule has 21 heavy (non-hydrogen) atoms. The Kier molecular flexibility index (Phi) is 4.35. The number of aliphatic hydroxyl groups excluding tert-OH is 1. The van der Waals surface area contributed by atoms with Gasteiger partial charge in [0.15, 0.2) is 0 Å². The van der Waals surface area contributed by atoms with Crippen LogP contribution in [0.25, 0.3) is 0 Å². The molecule has 1 atom stereocenters. The van der Waals surface area contributed by atoms with Crippen molar-refractivity contribution in [3.63, 3.8) is 0 Å². The molecule has 9 heteroatoms. The third kappa shape index (κ3) is 3.26. The van der Waals surface area contributed by atoms with Gasteiger partial charge in [0.05, 0.1) is 23.7 Å². The number of nitrogens with zero attached hydrogens (tertiary/aromatic N) is 1. The second kappa shape index (κ2) is 5.88. The quantitative estimate of drug-likeness (QED) is 0.654. The van der Waals surface area contributed by atoms with E-state index in [1.165, 1.54) is 18.2 Å². The first-order valence-electron chi connectivity index (χ1n) is 6.19. The van der Waals surface area contributed by atoms with Crippen molar-refractivity contribution < 1.29 is 28.2 Å². The van der Waals surface area contributed by atoms with Crippen LogP contribution in [0.5, 0.6) is 5.75 Å². The number of aliphatic hydroxyl groups is 1. The number of aliphatic carboxylic acids is 1. The molecule has 1 aliphatic heterocycles. The van der Waals surface area contributed by atoms with Crippen LogP contribution in [0.3, 0.4) is 0 Å². The second-order valence-electron chi connectivity index (χ2n) is 4.59. The van der Waals surface area contributed by atoms with Crippen LogP contribution in [-0.4, -0.2) is 57.4 Å². The first-order valence-corrected chi connectivity index (χ1v) is 7.67. The number of carbonyl (C=O) groups is 1. The van der Waals surface area contributed by atoms with Crippen molar-refractivity contribution in [3.05, 3.63) is 18.2 Å². The van der Waals surface area contributed by atoms with Gasteiger partial charge in [-0.2, -0.15) is 4.72 Å². The molecule has 0 aromatic heterocycles. The molecule has 1 heterocycles. The molecule has 116 valence electrons. The molecule has 1 unspecified atom stereocenters. The Morgan fingerprint density at radius 2 is 2.24 bits per heavy atom. The second-order valence-corrected chi connectivity index (χ2v) is 6.31. The minimum absolute atomic E-state index is 0.0849. The van der Waals surface area contributed by atoms with E-state index in [0.29, 0.717) is 24.6 Å². The molecule has 0 fully saturated rings. The predicted octanol–water partition coefficient (Wildman–Crippen LogP) is -0.761. The first-order chi connectivity index (χ1) is 9.85. The number of sulfonamides is 1. The van der Waals surface area contributed by atoms with Crippen LogP contribution in [-0.2, 0) is 14.8 Å². The molecule has 0 bridgehead atoms. The van der Waals surface area contributed by atoms with Gasteiger partial charge < -0.3 is 19.8 Å². The standard InChI is InChI=1S/C12H16N2O6S/c1-14-4-5-20-11-3-2-8(6-10(11)14)21(18,19)13-9(7-15)12(16)17/h2-3,6,9,13,15H,4-5,7H2,1H3,(H,16,17). The fraction of sp³-hybridized carbons (Fsp3) is 0.417. The zero-order valence-electron chi connectivity index (χ0n) is 11.3. The number of likely N-dealkylation sites (N-methyl/N-ethyl adjacent to an activating group) is 1. The highest BCUT2D eigenvalue weighted by Crippen LogP contribution is 2.32. The van der Waals surface area contributed by atoms with Crippen molar-refractivity contribution in [2.75, 3.05) is 31.7 Å². The molecule has 8 nitrogen and oxygen atoms in total. The van der Waals surface area contributed by atoms with Gasteiger partial charge in [0.1, 0.15) is 18.4 Å². The number of nitrogens with one attached hydrogen (secondary N) is 1. The molecule has 0 amide bonds. The number of ether oxygens (including phenoxy) is 1. The molecule has 3 N–H and O–H groups in total. The number of carboxylic acid groups (broad SMARTS) is 1. The Hall–Kier alpha value is -1.84. The lowest BCUT2D eigenvalue weighted by Crippen LogP contribution is -2.43. The van der Waals surface area contributed by atoms with E-state index in [1.54, 1.807) is 7.05 Å². The first kappa shape index (κ1) is 15.5. The van der Waals surface area contributed by atoms with Crippen LogP contribution >= 0.6 is 0 Å². The van der Waals surface area contributed by atoms with E-state index in [0.717, 1.165) is 0 Å². The summed E-state index contributed by atoms with van der Waals surface area (Å²) in [7, 11) is -2.24. The number of hydrogen-bond donors (Lipinski definition) is 3. The molecule has 1 aromatic carbocycles. The van der Waals surface area contributed by atoms with E-state index in [4.69, 9.17) is 14.9 Å². The highest BCUT2D eigenvalue weighted by atomic mass is 32.2. The topological polar surface area (TPSA) is 116 Å². The smallest absolute Gasteiger partial charge is 0.324 e. The minimum Gasteiger partial charge on any atom is -0.490 e. The largest absolute Gasteiger partial charge is 0.490 e. The average molecular weight is 316 g/mol. The van der Waals surface area contributed by atoms with Crippen LogP contribution in [0.4, 0.5) is 5.69 Å². The van der Waals surface area contributed by atoms with Gasteiger partial charge in [-0.25, -0.2) is 8.42 Å². The van der Waals surface area contributed by atoms with Crippen molar-refractivity contribution in [3.8, 4) is 5.75 Å². The lowest BCUT2D eigenvalue weighted by Gasteiger charge is -2.28. The number of anilines is 1. The molecule has 0 saturated carbocycles. The van der Waals surface area contributed by atoms with Gasteiger partial charge in [-0.1, -0.05) is 0 Å². The van der Waals surface area contributed by atoms with Crippen LogP contribution in [0.2, 0.25) is 0 Å². The summed E-state index contributed by atoms with van der Waals surface area (Å²) in [5, 5.41) is 17.7. The molecular weight excluding hydrogens is 300 g/mol. The Labute approximate surface area is 122 Å². The van der Waals surface area contributed by atoms with Gasteiger partial charge in [0, 0.05) is 7.05 Å². The van der Waals surface area contributed by atoms with Gasteiger partial charge in [-0.15, -0.1) is 0 Å². The van der Waals surface area contributed by atoms with Gasteiger partial charge >= 0.3 is 5.97 Å². The number of hydrogen-bond acceptors (Lipinski definition) is 6. The van der Waals surface area contributed by atoms with E-state index in [-0.39, 0.29) is 4.90 Å². The molecule has 0 saturated heterocycles. The Bertz CT molecular complexity index is 645. The van der Waals surface area contributed by atoms with Crippen LogP contribution in [0.15, 0.2) is 23.1 Å². The lowest BCUT2D eigenvalue weighted by atomic mass is 10.2. The average Bonchev–Trinajstić information content (AvgIpc) is 2.44. The number of carboxylic acids is 1. The SMILES string of the molecule is CN1CCOc2ccc(S(=O)(=O)NC(CO)C(=O)O)cc21. The molecule has 0 aliphatic carbocycles. The van der Waals surface area contributed by atoms with Crippen molar-refractivity contribution in [1.82, 2.24) is 4.72 Å². The Balaban J connectivity index is 2.33. The maximum Gasteiger partial charge on any atom is 0.324 e. The normalized spacial score (nSPS) is 16.0. The van der Waals surface area contributed by atoms with Gasteiger partial charge in [-0.05, 0) is 18.2 Å². The van der Waals surface area contributed by atoms with E-state index in [1.807, 2.05) is 9.62 Å². The third-order valence-corrected chi connectivity index (χ3v) is 4.58. The molecular formula is C12H16N2O6S. The van der Waals surface area contributed by atoms with Crippen molar-refractivity contribution >= 4 is 21.7 Å². The van der Waals surface area contributed by atoms with Gasteiger partial charge in [-0.3, -0.25) is 4.79 Å². The highest BCUT2D eigenvalue weighted by Gasteiger charge is 2.26. The number of benzene rings is 1. The van der Waals surface area contributed by atoms with Crippen molar-refractivity contribution in [2.24, 2.45) is 0 Å². The van der Waals surface area contributed by atoms with E-state index in [9.17, 15) is 13.2 Å². The van der Waals surface area contributed by atoms with Crippen LogP contribution in [0, 0.1) is 0 Å². The maximum absolute atomic E-state index is 12.2. The predicted molar refractivity (Wildman–Crippen MR) is 74.0 cm³/mol. The molecule has 2 rings (SSSR count). The zero-order chi connectivity index (χ0) is 15.6. The Morgan fingerprint density at radius 1 is 1.52 bits per heavy atom. The van der Waals surface area contributed by atoms with E-state index in [2.05, 4.69) is 0 Å². The minimum atomic E-state index is -4.05. The maximum atomic E-state index is 12.2. The molecule has 1 aliphatic rings. The van der Waals surface area contributed by atoms with Gasteiger partial charge in [0.25, 0.3) is 0 Å². The fourth-order valence-electron chi connectivity index (χ4n) is 1.92. The van der Waals surface area contributed by atoms with Crippen LogP contribution in [0.1, 0.15) is 0 Å². The summed E-state index contributed by atoms with van der Waals surface area (Å²) in [6, 6.07) is 2.68. The summed E-state index contributed by atoms with van der Waals surface area (Å²) in [5.41, 5.74) is 0.611. The Morgan fingerprint density at radius 3 is 2.86 bits per heavy atom. The monoisotopic (exact) mass is 316 g/mol. The van der Waals surface area contributed by atoms with Crippen molar-refractivity contribution in [1.29, 1.82) is 0 Å². The van der Waals surface area contributed by atoms with E-state index < -0.39 is 28.6 Å². The fourth-order valence-corrected chi connectivity index (χ4v) is 3.12. The summed E-state index contributed by atoms with van der Waals surface area (Å²) < 4.78 is 31.7. The zero-order valence-corrected chi connectivity index (χ0v) is 12.1. The summed E-state index contributed by atoms with van der Waals surface area (Å²) in [6.07, 6.45) is 0. The molecule has 0 radical (unpaired) electrons. The van der Waals surface area contributed by atoms with Crippen LogP contribution < -0.4 is 14.4 Å². The highest BCUT2D eigenvalue weighted by molar-refractivity contribution is 7.89. The van der Waals surface area contributed by atoms with Crippen molar-refractivity contribution in [2.45, 2.75) is 10.9 Å². The van der Waals surface area contributed by atoms with Gasteiger partial charge in [0.2, 0.25) is 10.0 Å². The van der Waals surface area contributed by atoms with E-state index >= 15 is 0 Å². The number of fused-ring (bicyclic) bond motifs is 1. The summed E-state index contributed by atoms with van der Waals surface area (Å²) in [6.45, 7) is 0.306. The summed E-state index contributed by atoms with van der Waals surface area (Å²) in [4.78, 5) is 12.6. The third-order valence-electron chi connectivity index (χ3n) is 3.11. The molecule has 1 aromatic rings. The lowest BCUT2D eigenvalue weighted by molar-refractivity contribution is -0.139. The summed E-state index contributed by atoms with van der Waals surface area (Å²) in [5.74, 6) is -0.876. The summed E-state index contributed by atoms with van der Waals surface area (Å²) >= 11 is 0. The molecule has 0 spiro atoms.